The van der Waals surface area contributed by atoms with Gasteiger partial charge in [0.15, 0.2) is 0 Å². The topological polar surface area (TPSA) is 71.9 Å². The fourth-order valence-electron chi connectivity index (χ4n) is 4.37. The maximum absolute atomic E-state index is 13.6. The summed E-state index contributed by atoms with van der Waals surface area (Å²) in [5, 5.41) is 9.59. The minimum Gasteiger partial charge on any atom is -0.492 e. The summed E-state index contributed by atoms with van der Waals surface area (Å²) in [5.41, 5.74) is 0.337. The first-order valence-electron chi connectivity index (χ1n) is 10.9. The van der Waals surface area contributed by atoms with Crippen LogP contribution < -0.4 is 9.47 Å². The number of hydrogen-bond acceptors (Lipinski definition) is 4. The van der Waals surface area contributed by atoms with E-state index in [0.717, 1.165) is 0 Å². The number of ether oxygens (including phenoxy) is 2. The zero-order valence-corrected chi connectivity index (χ0v) is 21.2. The Kier molecular flexibility index (Phi) is 7.40. The van der Waals surface area contributed by atoms with Gasteiger partial charge in [0.2, 0.25) is 6.10 Å². The Hall–Kier alpha value is -2.49. The Balaban J connectivity index is 1.78. The van der Waals surface area contributed by atoms with Crippen LogP contribution in [0.3, 0.4) is 0 Å². The van der Waals surface area contributed by atoms with Gasteiger partial charge >= 0.3 is 12.3 Å². The maximum atomic E-state index is 13.6. The minimum absolute atomic E-state index is 0.0159. The van der Waals surface area contributed by atoms with Crippen LogP contribution in [0.15, 0.2) is 35.1 Å². The largest absolute Gasteiger partial charge is 0.492 e. The molecule has 0 spiro atoms. The summed E-state index contributed by atoms with van der Waals surface area (Å²) in [6.45, 7) is 9.55. The van der Waals surface area contributed by atoms with E-state index in [-0.39, 0.29) is 29.9 Å². The number of pyridine rings is 1. The summed E-state index contributed by atoms with van der Waals surface area (Å²) in [7, 11) is 0. The molecule has 0 radical (unpaired) electrons. The molecule has 10 heteroatoms. The molecule has 0 bridgehead atoms. The number of alkyl halides is 3. The third kappa shape index (κ3) is 5.59. The van der Waals surface area contributed by atoms with E-state index in [0.29, 0.717) is 27.8 Å². The molecule has 2 unspecified atom stereocenters. The van der Waals surface area contributed by atoms with E-state index in [2.05, 4.69) is 20.9 Å². The van der Waals surface area contributed by atoms with Crippen LogP contribution in [0.1, 0.15) is 52.7 Å². The van der Waals surface area contributed by atoms with Crippen molar-refractivity contribution in [3.63, 3.8) is 0 Å². The van der Waals surface area contributed by atoms with Gasteiger partial charge in [-0.15, -0.1) is 0 Å². The number of carbonyl (C=O) groups is 1. The summed E-state index contributed by atoms with van der Waals surface area (Å²) < 4.78 is 52.7. The maximum Gasteiger partial charge on any atom is 0.429 e. The second-order valence-electron chi connectivity index (χ2n) is 9.61. The smallest absolute Gasteiger partial charge is 0.429 e. The highest BCUT2D eigenvalue weighted by molar-refractivity contribution is 9.10. The van der Waals surface area contributed by atoms with Crippen molar-refractivity contribution in [2.24, 2.45) is 5.92 Å². The van der Waals surface area contributed by atoms with Crippen LogP contribution in [0, 0.1) is 5.92 Å². The van der Waals surface area contributed by atoms with Crippen molar-refractivity contribution in [3.05, 3.63) is 40.6 Å². The molecule has 0 aliphatic carbocycles. The quantitative estimate of drug-likeness (QED) is 0.420. The summed E-state index contributed by atoms with van der Waals surface area (Å²) in [5.74, 6) is 0.408. The molecule has 3 rings (SSSR count). The van der Waals surface area contributed by atoms with Crippen molar-refractivity contribution in [2.45, 2.75) is 64.9 Å². The zero-order valence-electron chi connectivity index (χ0n) is 19.6. The number of fused-ring (bicyclic) bond motifs is 3. The fourth-order valence-corrected chi connectivity index (χ4v) is 4.83. The molecule has 1 aromatic heterocycles. The molecule has 6 nitrogen and oxygen atoms in total. The average molecular weight is 545 g/mol. The van der Waals surface area contributed by atoms with E-state index >= 15 is 0 Å². The molecule has 34 heavy (non-hydrogen) atoms. The number of halogens is 4. The minimum atomic E-state index is -4.60. The van der Waals surface area contributed by atoms with Crippen LogP contribution in [0.2, 0.25) is 0 Å². The molecule has 1 N–H and O–H groups in total. The Morgan fingerprint density at radius 1 is 1.26 bits per heavy atom. The zero-order chi connectivity index (χ0) is 25.4. The lowest BCUT2D eigenvalue weighted by molar-refractivity contribution is -0.198. The predicted molar refractivity (Wildman–Crippen MR) is 125 cm³/mol. The van der Waals surface area contributed by atoms with Crippen molar-refractivity contribution in [3.8, 4) is 22.6 Å². The van der Waals surface area contributed by atoms with Gasteiger partial charge in [0, 0.05) is 41.2 Å². The van der Waals surface area contributed by atoms with Gasteiger partial charge in [0.05, 0.1) is 11.1 Å². The van der Waals surface area contributed by atoms with Gasteiger partial charge in [-0.3, -0.25) is 4.98 Å². The van der Waals surface area contributed by atoms with E-state index < -0.39 is 23.9 Å². The van der Waals surface area contributed by atoms with Gasteiger partial charge in [-0.2, -0.15) is 13.2 Å². The first-order valence-corrected chi connectivity index (χ1v) is 11.7. The fraction of sp³-hybridized carbons (Fsp3) is 0.500. The second kappa shape index (κ2) is 9.64. The molecule has 1 aliphatic rings. The second-order valence-corrected chi connectivity index (χ2v) is 10.5. The van der Waals surface area contributed by atoms with Crippen molar-refractivity contribution in [1.29, 1.82) is 0 Å². The van der Waals surface area contributed by atoms with Gasteiger partial charge in [-0.25, -0.2) is 4.79 Å². The highest BCUT2D eigenvalue weighted by atomic mass is 79.9. The van der Waals surface area contributed by atoms with E-state index in [1.165, 1.54) is 29.4 Å². The molecule has 3 atom stereocenters. The van der Waals surface area contributed by atoms with Crippen molar-refractivity contribution in [2.75, 3.05) is 6.61 Å². The van der Waals surface area contributed by atoms with Crippen molar-refractivity contribution < 1.29 is 32.5 Å². The number of rotatable bonds is 6. The normalized spacial score (nSPS) is 17.1. The summed E-state index contributed by atoms with van der Waals surface area (Å²) in [6, 6.07) is 4.42. The lowest BCUT2D eigenvalue weighted by atomic mass is 9.94. The number of hydrogen-bond donors (Lipinski definition) is 1. The van der Waals surface area contributed by atoms with Crippen LogP contribution >= 0.6 is 15.9 Å². The van der Waals surface area contributed by atoms with E-state index in [1.54, 1.807) is 6.07 Å². The molecular weight excluding hydrogens is 517 g/mol. The molecule has 0 saturated carbocycles. The first-order chi connectivity index (χ1) is 15.7. The van der Waals surface area contributed by atoms with Crippen LogP contribution in [-0.2, 0) is 0 Å². The van der Waals surface area contributed by atoms with Gasteiger partial charge in [-0.05, 0) is 73.7 Å². The van der Waals surface area contributed by atoms with E-state index in [1.807, 2.05) is 34.6 Å². The van der Waals surface area contributed by atoms with Gasteiger partial charge < -0.3 is 19.5 Å². The SMILES string of the molecule is CC(COc1cc2c(cc1Br)-c1ccncc1C(C(F)(F)F)O2)C[C@H](C)N(C(=O)O)C(C)(C)C. The molecule has 186 valence electrons. The third-order valence-corrected chi connectivity index (χ3v) is 6.26. The Bertz CT molecular complexity index is 1060. The molecule has 2 aromatic rings. The number of aromatic nitrogens is 1. The molecular formula is C24H28BrF3N2O4. The lowest BCUT2D eigenvalue weighted by Gasteiger charge is -2.39. The summed E-state index contributed by atoms with van der Waals surface area (Å²) >= 11 is 3.45. The van der Waals surface area contributed by atoms with Gasteiger partial charge in [0.1, 0.15) is 11.5 Å². The summed E-state index contributed by atoms with van der Waals surface area (Å²) in [6.07, 6.45) is -4.53. The number of nitrogens with zero attached hydrogens (tertiary/aromatic N) is 2. The van der Waals surface area contributed by atoms with Gasteiger partial charge in [-0.1, -0.05) is 6.92 Å². The van der Waals surface area contributed by atoms with Crippen LogP contribution in [0.4, 0.5) is 18.0 Å². The average Bonchev–Trinajstić information content (AvgIpc) is 2.69. The highest BCUT2D eigenvalue weighted by Crippen LogP contribution is 2.50. The molecule has 1 aliphatic heterocycles. The Labute approximate surface area is 205 Å². The molecule has 2 heterocycles. The molecule has 0 fully saturated rings. The van der Waals surface area contributed by atoms with Gasteiger partial charge in [0.25, 0.3) is 0 Å². The lowest BCUT2D eigenvalue weighted by Crippen LogP contribution is -2.50. The van der Waals surface area contributed by atoms with E-state index in [9.17, 15) is 23.1 Å². The van der Waals surface area contributed by atoms with Crippen molar-refractivity contribution >= 4 is 22.0 Å². The summed E-state index contributed by atoms with van der Waals surface area (Å²) in [4.78, 5) is 16.9. The third-order valence-electron chi connectivity index (χ3n) is 5.64. The highest BCUT2D eigenvalue weighted by Gasteiger charge is 2.47. The number of amides is 1. The number of benzene rings is 1. The number of carboxylic acid groups (broad SMARTS) is 1. The van der Waals surface area contributed by atoms with Crippen LogP contribution in [0.25, 0.3) is 11.1 Å². The molecule has 1 aromatic carbocycles. The molecule has 1 amide bonds. The Morgan fingerprint density at radius 3 is 2.53 bits per heavy atom. The molecule has 0 saturated heterocycles. The standard InChI is InChI=1S/C24H28BrF3N2O4/c1-13(8-14(2)30(22(31)32)23(3,4)5)12-33-20-10-19-16(9-18(20)25)15-6-7-29-11-17(15)21(34-19)24(26,27)28/h6-7,9-11,13-14,21H,8,12H2,1-5H3,(H,31,32)/t13?,14-,21?/m0/s1. The monoisotopic (exact) mass is 544 g/mol. The first kappa shape index (κ1) is 26.1. The van der Waals surface area contributed by atoms with Crippen LogP contribution in [0.5, 0.6) is 11.5 Å². The van der Waals surface area contributed by atoms with Crippen molar-refractivity contribution in [1.82, 2.24) is 9.88 Å². The van der Waals surface area contributed by atoms with Crippen LogP contribution in [-0.4, -0.2) is 45.4 Å². The van der Waals surface area contributed by atoms with E-state index in [4.69, 9.17) is 9.47 Å². The predicted octanol–water partition coefficient (Wildman–Crippen LogP) is 7.08. The Morgan fingerprint density at radius 2 is 1.94 bits per heavy atom.